The van der Waals surface area contributed by atoms with Crippen LogP contribution >= 0.6 is 0 Å². The number of amides is 1. The fraction of sp³-hybridized carbons (Fsp3) is 0.375. The molecule has 0 spiro atoms. The molecule has 0 saturated carbocycles. The number of hydrogen-bond acceptors (Lipinski definition) is 3. The Balaban J connectivity index is 1.56. The maximum absolute atomic E-state index is 12.4. The second-order valence-electron chi connectivity index (χ2n) is 5.39. The fourth-order valence-corrected chi connectivity index (χ4v) is 2.62. The Labute approximate surface area is 124 Å². The SMILES string of the molecule is Cn1ccnc1CN1CCN(C(=O)c2ccccc2)CC1. The number of rotatable bonds is 3. The minimum atomic E-state index is 0.132. The summed E-state index contributed by atoms with van der Waals surface area (Å²) in [7, 11) is 2.01. The van der Waals surface area contributed by atoms with Crippen LogP contribution in [0.25, 0.3) is 0 Å². The summed E-state index contributed by atoms with van der Waals surface area (Å²) < 4.78 is 2.04. The van der Waals surface area contributed by atoms with Crippen LogP contribution in [0, 0.1) is 0 Å². The molecule has 0 radical (unpaired) electrons. The first-order valence-corrected chi connectivity index (χ1v) is 7.27. The molecule has 0 aliphatic carbocycles. The number of aromatic nitrogens is 2. The zero-order valence-electron chi connectivity index (χ0n) is 12.3. The molecule has 0 bridgehead atoms. The lowest BCUT2D eigenvalue weighted by atomic mass is 10.2. The predicted molar refractivity (Wildman–Crippen MR) is 80.8 cm³/mol. The molecule has 3 rings (SSSR count). The van der Waals surface area contributed by atoms with E-state index in [1.165, 1.54) is 0 Å². The van der Waals surface area contributed by atoms with E-state index in [0.717, 1.165) is 44.1 Å². The predicted octanol–water partition coefficient (Wildman–Crippen LogP) is 1.38. The van der Waals surface area contributed by atoms with Crippen LogP contribution in [0.5, 0.6) is 0 Å². The topological polar surface area (TPSA) is 41.4 Å². The van der Waals surface area contributed by atoms with Gasteiger partial charge in [-0.25, -0.2) is 4.98 Å². The van der Waals surface area contributed by atoms with E-state index >= 15 is 0 Å². The van der Waals surface area contributed by atoms with Gasteiger partial charge in [-0.05, 0) is 12.1 Å². The van der Waals surface area contributed by atoms with E-state index in [4.69, 9.17) is 0 Å². The third-order valence-corrected chi connectivity index (χ3v) is 3.97. The number of carbonyl (C=O) groups excluding carboxylic acids is 1. The van der Waals surface area contributed by atoms with Crippen LogP contribution in [0.4, 0.5) is 0 Å². The molecule has 5 nitrogen and oxygen atoms in total. The van der Waals surface area contributed by atoms with E-state index in [1.807, 2.05) is 59.2 Å². The van der Waals surface area contributed by atoms with Crippen LogP contribution in [0.1, 0.15) is 16.2 Å². The quantitative estimate of drug-likeness (QED) is 0.855. The molecule has 0 atom stereocenters. The lowest BCUT2D eigenvalue weighted by molar-refractivity contribution is 0.0624. The first-order chi connectivity index (χ1) is 10.2. The summed E-state index contributed by atoms with van der Waals surface area (Å²) in [5.74, 6) is 1.20. The normalized spacial score (nSPS) is 16.1. The van der Waals surface area contributed by atoms with Crippen molar-refractivity contribution in [2.75, 3.05) is 26.2 Å². The first-order valence-electron chi connectivity index (χ1n) is 7.27. The summed E-state index contributed by atoms with van der Waals surface area (Å²) in [5, 5.41) is 0. The average molecular weight is 284 g/mol. The molecule has 2 heterocycles. The van der Waals surface area contributed by atoms with Gasteiger partial charge in [0, 0.05) is 51.2 Å². The van der Waals surface area contributed by atoms with E-state index < -0.39 is 0 Å². The third kappa shape index (κ3) is 3.13. The van der Waals surface area contributed by atoms with Crippen molar-refractivity contribution in [2.45, 2.75) is 6.54 Å². The van der Waals surface area contributed by atoms with Gasteiger partial charge in [0.25, 0.3) is 5.91 Å². The number of nitrogens with zero attached hydrogens (tertiary/aromatic N) is 4. The highest BCUT2D eigenvalue weighted by Gasteiger charge is 2.22. The Morgan fingerprint density at radius 2 is 1.86 bits per heavy atom. The van der Waals surface area contributed by atoms with Gasteiger partial charge >= 0.3 is 0 Å². The van der Waals surface area contributed by atoms with Crippen molar-refractivity contribution in [1.82, 2.24) is 19.4 Å². The molecule has 1 fully saturated rings. The molecule has 1 aromatic carbocycles. The monoisotopic (exact) mass is 284 g/mol. The number of imidazole rings is 1. The van der Waals surface area contributed by atoms with Gasteiger partial charge in [-0.3, -0.25) is 9.69 Å². The van der Waals surface area contributed by atoms with E-state index in [9.17, 15) is 4.79 Å². The molecule has 0 unspecified atom stereocenters. The molecule has 2 aromatic rings. The van der Waals surface area contributed by atoms with Crippen LogP contribution < -0.4 is 0 Å². The average Bonchev–Trinajstić information content (AvgIpc) is 2.93. The van der Waals surface area contributed by atoms with E-state index in [2.05, 4.69) is 9.88 Å². The molecule has 0 N–H and O–H groups in total. The molecular weight excluding hydrogens is 264 g/mol. The van der Waals surface area contributed by atoms with Gasteiger partial charge in [0.05, 0.1) is 6.54 Å². The third-order valence-electron chi connectivity index (χ3n) is 3.97. The Kier molecular flexibility index (Phi) is 4.01. The maximum Gasteiger partial charge on any atom is 0.253 e. The van der Waals surface area contributed by atoms with Crippen LogP contribution in [0.15, 0.2) is 42.7 Å². The Hall–Kier alpha value is -2.14. The second-order valence-corrected chi connectivity index (χ2v) is 5.39. The van der Waals surface area contributed by atoms with E-state index in [-0.39, 0.29) is 5.91 Å². The van der Waals surface area contributed by atoms with Crippen LogP contribution in [-0.2, 0) is 13.6 Å². The van der Waals surface area contributed by atoms with Gasteiger partial charge in [0.15, 0.2) is 0 Å². The van der Waals surface area contributed by atoms with Gasteiger partial charge in [0.2, 0.25) is 0 Å². The molecule has 110 valence electrons. The summed E-state index contributed by atoms with van der Waals surface area (Å²) in [4.78, 5) is 21.0. The lowest BCUT2D eigenvalue weighted by Crippen LogP contribution is -2.48. The summed E-state index contributed by atoms with van der Waals surface area (Å²) >= 11 is 0. The Bertz CT molecular complexity index is 600. The van der Waals surface area contributed by atoms with Crippen molar-refractivity contribution < 1.29 is 4.79 Å². The maximum atomic E-state index is 12.4. The molecule has 21 heavy (non-hydrogen) atoms. The summed E-state index contributed by atoms with van der Waals surface area (Å²) in [6.45, 7) is 4.18. The van der Waals surface area contributed by atoms with E-state index in [1.54, 1.807) is 0 Å². The minimum Gasteiger partial charge on any atom is -0.337 e. The molecule has 1 aliphatic rings. The van der Waals surface area contributed by atoms with Crippen LogP contribution in [0.2, 0.25) is 0 Å². The lowest BCUT2D eigenvalue weighted by Gasteiger charge is -2.34. The molecule has 1 saturated heterocycles. The van der Waals surface area contributed by atoms with Gasteiger partial charge in [-0.1, -0.05) is 18.2 Å². The van der Waals surface area contributed by atoms with Gasteiger partial charge < -0.3 is 9.47 Å². The van der Waals surface area contributed by atoms with Crippen LogP contribution in [0.3, 0.4) is 0 Å². The minimum absolute atomic E-state index is 0.132. The smallest absolute Gasteiger partial charge is 0.253 e. The number of piperazine rings is 1. The molecular formula is C16H20N4O. The van der Waals surface area contributed by atoms with Gasteiger partial charge in [-0.2, -0.15) is 0 Å². The highest BCUT2D eigenvalue weighted by molar-refractivity contribution is 5.94. The summed E-state index contributed by atoms with van der Waals surface area (Å²) in [5.41, 5.74) is 0.773. The molecule has 1 amide bonds. The fourth-order valence-electron chi connectivity index (χ4n) is 2.62. The molecule has 5 heteroatoms. The first kappa shape index (κ1) is 13.8. The molecule has 1 aliphatic heterocycles. The van der Waals surface area contributed by atoms with Crippen molar-refractivity contribution >= 4 is 5.91 Å². The highest BCUT2D eigenvalue weighted by atomic mass is 16.2. The van der Waals surface area contributed by atoms with Crippen molar-refractivity contribution in [2.24, 2.45) is 7.05 Å². The van der Waals surface area contributed by atoms with Crippen molar-refractivity contribution in [3.8, 4) is 0 Å². The van der Waals surface area contributed by atoms with Crippen molar-refractivity contribution in [3.63, 3.8) is 0 Å². The van der Waals surface area contributed by atoms with Crippen LogP contribution in [-0.4, -0.2) is 51.4 Å². The number of aryl methyl sites for hydroxylation is 1. The Morgan fingerprint density at radius 1 is 1.14 bits per heavy atom. The zero-order valence-corrected chi connectivity index (χ0v) is 12.3. The largest absolute Gasteiger partial charge is 0.337 e. The highest BCUT2D eigenvalue weighted by Crippen LogP contribution is 2.10. The number of hydrogen-bond donors (Lipinski definition) is 0. The summed E-state index contributed by atoms with van der Waals surface area (Å²) in [6, 6.07) is 9.50. The molecule has 1 aromatic heterocycles. The van der Waals surface area contributed by atoms with Gasteiger partial charge in [-0.15, -0.1) is 0 Å². The zero-order chi connectivity index (χ0) is 14.7. The summed E-state index contributed by atoms with van der Waals surface area (Å²) in [6.07, 6.45) is 3.79. The van der Waals surface area contributed by atoms with Crippen molar-refractivity contribution in [1.29, 1.82) is 0 Å². The number of carbonyl (C=O) groups is 1. The Morgan fingerprint density at radius 3 is 2.48 bits per heavy atom. The van der Waals surface area contributed by atoms with E-state index in [0.29, 0.717) is 0 Å². The van der Waals surface area contributed by atoms with Crippen molar-refractivity contribution in [3.05, 3.63) is 54.1 Å². The number of benzene rings is 1. The van der Waals surface area contributed by atoms with Gasteiger partial charge in [0.1, 0.15) is 5.82 Å². The second kappa shape index (κ2) is 6.10. The standard InChI is InChI=1S/C16H20N4O/c1-18-8-7-17-15(18)13-19-9-11-20(12-10-19)16(21)14-5-3-2-4-6-14/h2-8H,9-13H2,1H3.